The van der Waals surface area contributed by atoms with Crippen LogP contribution in [0.25, 0.3) is 0 Å². The van der Waals surface area contributed by atoms with Crippen LogP contribution >= 0.6 is 11.6 Å². The van der Waals surface area contributed by atoms with Gasteiger partial charge in [-0.3, -0.25) is 4.79 Å². The number of aliphatic hydroxyl groups is 1. The third kappa shape index (κ3) is 1.94. The fourth-order valence-corrected chi connectivity index (χ4v) is 0.976. The molecule has 4 heteroatoms. The summed E-state index contributed by atoms with van der Waals surface area (Å²) in [6.07, 6.45) is 1.75. The molecule has 0 spiro atoms. The van der Waals surface area contributed by atoms with Gasteiger partial charge >= 0.3 is 5.97 Å². The zero-order valence-electron chi connectivity index (χ0n) is 5.92. The van der Waals surface area contributed by atoms with E-state index in [2.05, 4.69) is 11.3 Å². The summed E-state index contributed by atoms with van der Waals surface area (Å²) in [5, 5.41) is 7.65. The van der Waals surface area contributed by atoms with Crippen molar-refractivity contribution >= 4 is 17.6 Å². The molecule has 0 aromatic carbocycles. The van der Waals surface area contributed by atoms with Crippen molar-refractivity contribution in [3.05, 3.63) is 12.7 Å². The SMILES string of the molecule is C=CCOC(=O)C1CC1(O)Cl. The van der Waals surface area contributed by atoms with Crippen LogP contribution in [0, 0.1) is 5.92 Å². The van der Waals surface area contributed by atoms with Crippen LogP contribution < -0.4 is 0 Å². The Morgan fingerprint density at radius 1 is 2.00 bits per heavy atom. The molecule has 0 aliphatic heterocycles. The molecule has 0 bridgehead atoms. The van der Waals surface area contributed by atoms with E-state index in [1.807, 2.05) is 0 Å². The normalized spacial score (nSPS) is 34.5. The van der Waals surface area contributed by atoms with Crippen molar-refractivity contribution in [3.63, 3.8) is 0 Å². The number of hydrogen-bond acceptors (Lipinski definition) is 3. The topological polar surface area (TPSA) is 46.5 Å². The molecule has 0 aromatic rings. The molecule has 2 atom stereocenters. The molecule has 2 unspecified atom stereocenters. The van der Waals surface area contributed by atoms with E-state index in [1.165, 1.54) is 6.08 Å². The van der Waals surface area contributed by atoms with Gasteiger partial charge in [-0.05, 0) is 0 Å². The Morgan fingerprint density at radius 3 is 2.91 bits per heavy atom. The highest BCUT2D eigenvalue weighted by atomic mass is 35.5. The second-order valence-electron chi connectivity index (χ2n) is 2.49. The number of alkyl halides is 1. The van der Waals surface area contributed by atoms with E-state index >= 15 is 0 Å². The van der Waals surface area contributed by atoms with Gasteiger partial charge in [0.25, 0.3) is 0 Å². The van der Waals surface area contributed by atoms with E-state index in [4.69, 9.17) is 16.7 Å². The van der Waals surface area contributed by atoms with E-state index in [-0.39, 0.29) is 13.0 Å². The van der Waals surface area contributed by atoms with E-state index in [0.29, 0.717) is 0 Å². The molecule has 1 saturated carbocycles. The van der Waals surface area contributed by atoms with Gasteiger partial charge in [0.2, 0.25) is 0 Å². The van der Waals surface area contributed by atoms with Crippen molar-refractivity contribution < 1.29 is 14.6 Å². The third-order valence-electron chi connectivity index (χ3n) is 1.49. The molecule has 62 valence electrons. The number of carbonyl (C=O) groups is 1. The minimum atomic E-state index is -1.35. The van der Waals surface area contributed by atoms with Gasteiger partial charge in [0.05, 0.1) is 0 Å². The first kappa shape index (κ1) is 8.56. The predicted molar refractivity (Wildman–Crippen MR) is 40.1 cm³/mol. The molecular weight excluding hydrogens is 168 g/mol. The van der Waals surface area contributed by atoms with Crippen LogP contribution in [0.5, 0.6) is 0 Å². The molecule has 1 rings (SSSR count). The van der Waals surface area contributed by atoms with Gasteiger partial charge in [0, 0.05) is 6.42 Å². The lowest BCUT2D eigenvalue weighted by Crippen LogP contribution is -2.13. The number of ether oxygens (including phenoxy) is 1. The van der Waals surface area contributed by atoms with Crippen LogP contribution in [-0.4, -0.2) is 22.7 Å². The van der Waals surface area contributed by atoms with Crippen LogP contribution in [0.2, 0.25) is 0 Å². The van der Waals surface area contributed by atoms with Gasteiger partial charge in [0.15, 0.2) is 5.06 Å². The Bertz CT molecular complexity index is 188. The third-order valence-corrected chi connectivity index (χ3v) is 1.91. The summed E-state index contributed by atoms with van der Waals surface area (Å²) in [5.41, 5.74) is 0. The number of rotatable bonds is 3. The van der Waals surface area contributed by atoms with Crippen molar-refractivity contribution in [1.82, 2.24) is 0 Å². The Morgan fingerprint density at radius 2 is 2.55 bits per heavy atom. The average Bonchev–Trinajstić information content (AvgIpc) is 2.55. The second-order valence-corrected chi connectivity index (χ2v) is 3.15. The predicted octanol–water partition coefficient (Wildman–Crippen LogP) is 0.663. The molecule has 0 saturated heterocycles. The van der Waals surface area contributed by atoms with E-state index in [1.54, 1.807) is 0 Å². The summed E-state index contributed by atoms with van der Waals surface area (Å²) < 4.78 is 4.65. The van der Waals surface area contributed by atoms with Crippen molar-refractivity contribution in [2.75, 3.05) is 6.61 Å². The van der Waals surface area contributed by atoms with Crippen LogP contribution in [0.3, 0.4) is 0 Å². The summed E-state index contributed by atoms with van der Waals surface area (Å²) in [6, 6.07) is 0. The van der Waals surface area contributed by atoms with Crippen LogP contribution in [-0.2, 0) is 9.53 Å². The Labute approximate surface area is 69.6 Å². The monoisotopic (exact) mass is 176 g/mol. The van der Waals surface area contributed by atoms with Gasteiger partial charge in [-0.15, -0.1) is 0 Å². The van der Waals surface area contributed by atoms with Gasteiger partial charge in [0.1, 0.15) is 12.5 Å². The van der Waals surface area contributed by atoms with Gasteiger partial charge < -0.3 is 9.84 Å². The number of carbonyl (C=O) groups excluding carboxylic acids is 1. The molecule has 11 heavy (non-hydrogen) atoms. The summed E-state index contributed by atoms with van der Waals surface area (Å²) in [7, 11) is 0. The fourth-order valence-electron chi connectivity index (χ4n) is 0.733. The maximum atomic E-state index is 10.9. The highest BCUT2D eigenvalue weighted by molar-refractivity contribution is 6.26. The molecule has 0 amide bonds. The summed E-state index contributed by atoms with van der Waals surface area (Å²) in [5.74, 6) is -1.01. The molecule has 0 aromatic heterocycles. The number of halogens is 1. The highest BCUT2D eigenvalue weighted by Crippen LogP contribution is 2.47. The Hall–Kier alpha value is -0.540. The zero-order valence-corrected chi connectivity index (χ0v) is 6.67. The van der Waals surface area contributed by atoms with Crippen LogP contribution in [0.15, 0.2) is 12.7 Å². The zero-order chi connectivity index (χ0) is 8.48. The van der Waals surface area contributed by atoms with Crippen LogP contribution in [0.4, 0.5) is 0 Å². The van der Waals surface area contributed by atoms with Gasteiger partial charge in [-0.25, -0.2) is 0 Å². The Balaban J connectivity index is 2.28. The lowest BCUT2D eigenvalue weighted by molar-refractivity contribution is -0.145. The molecule has 1 fully saturated rings. The van der Waals surface area contributed by atoms with Crippen molar-refractivity contribution in [3.8, 4) is 0 Å². The van der Waals surface area contributed by atoms with Crippen molar-refractivity contribution in [1.29, 1.82) is 0 Å². The van der Waals surface area contributed by atoms with E-state index in [9.17, 15) is 4.79 Å². The van der Waals surface area contributed by atoms with Crippen molar-refractivity contribution in [2.24, 2.45) is 5.92 Å². The maximum Gasteiger partial charge on any atom is 0.313 e. The minimum Gasteiger partial charge on any atom is -0.461 e. The smallest absolute Gasteiger partial charge is 0.313 e. The lowest BCUT2D eigenvalue weighted by Gasteiger charge is -2.00. The fraction of sp³-hybridized carbons (Fsp3) is 0.571. The highest BCUT2D eigenvalue weighted by Gasteiger charge is 2.57. The van der Waals surface area contributed by atoms with Gasteiger partial charge in [-0.2, -0.15) is 0 Å². The summed E-state index contributed by atoms with van der Waals surface area (Å²) in [6.45, 7) is 3.54. The minimum absolute atomic E-state index is 0.169. The number of esters is 1. The average molecular weight is 177 g/mol. The Kier molecular flexibility index (Phi) is 2.20. The number of hydrogen-bond donors (Lipinski definition) is 1. The van der Waals surface area contributed by atoms with E-state index in [0.717, 1.165) is 0 Å². The second kappa shape index (κ2) is 2.83. The largest absolute Gasteiger partial charge is 0.461 e. The molecule has 0 heterocycles. The van der Waals surface area contributed by atoms with Gasteiger partial charge in [-0.1, -0.05) is 24.3 Å². The summed E-state index contributed by atoms with van der Waals surface area (Å²) >= 11 is 5.41. The maximum absolute atomic E-state index is 10.9. The quantitative estimate of drug-likeness (QED) is 0.391. The molecule has 0 radical (unpaired) electrons. The molecular formula is C7H9ClO3. The first-order valence-electron chi connectivity index (χ1n) is 3.27. The first-order chi connectivity index (χ1) is 5.08. The van der Waals surface area contributed by atoms with E-state index < -0.39 is 16.9 Å². The van der Waals surface area contributed by atoms with Crippen LogP contribution in [0.1, 0.15) is 6.42 Å². The lowest BCUT2D eigenvalue weighted by atomic mass is 10.4. The first-order valence-corrected chi connectivity index (χ1v) is 3.64. The summed E-state index contributed by atoms with van der Waals surface area (Å²) in [4.78, 5) is 10.9. The molecule has 3 nitrogen and oxygen atoms in total. The molecule has 1 aliphatic carbocycles. The molecule has 1 aliphatic rings. The van der Waals surface area contributed by atoms with Crippen molar-refractivity contribution in [2.45, 2.75) is 11.5 Å². The standard InChI is InChI=1S/C7H9ClO3/c1-2-3-11-6(9)5-4-7(5,8)10/h2,5,10H,1,3-4H2. The molecule has 1 N–H and O–H groups in total.